The molecule has 4 aromatic rings. The lowest BCUT2D eigenvalue weighted by molar-refractivity contribution is 1.40. The molecule has 0 saturated heterocycles. The molecule has 0 aliphatic carbocycles. The van der Waals surface area contributed by atoms with E-state index >= 15 is 0 Å². The maximum Gasteiger partial charge on any atom is 0.154 e. The molecular weight excluding hydrogens is 402 g/mol. The smallest absolute Gasteiger partial charge is 0.154 e. The lowest BCUT2D eigenvalue weighted by Gasteiger charge is -2.02. The van der Waals surface area contributed by atoms with Crippen LogP contribution in [-0.2, 0) is 0 Å². The zero-order chi connectivity index (χ0) is 22.1. The Morgan fingerprint density at radius 2 is 1.26 bits per heavy atom. The molecule has 0 saturated carbocycles. The average molecular weight is 426 g/mol. The van der Waals surface area contributed by atoms with Gasteiger partial charge in [0.2, 0.25) is 0 Å². The number of aryl methyl sites for hydroxylation is 1. The molecule has 0 aliphatic heterocycles. The number of nitrogens with two attached hydrogens (primary N) is 1. The zero-order valence-corrected chi connectivity index (χ0v) is 18.1. The molecule has 0 fully saturated rings. The molecule has 0 unspecified atom stereocenters. The minimum Gasteiger partial charge on any atom is -0.383 e. The van der Waals surface area contributed by atoms with Crippen molar-refractivity contribution in [3.05, 3.63) is 131 Å². The standard InChI is InChI=1S/C14H13N3.C13H11Cl/c15-13(11-7-3-1-4-8-11)17-14(16)12-9-5-2-6-10-12;1-10-4-2-5-11(8-10)12-6-3-7-13(14)9-12/h1-10H,(H3,15,16,17);2-9H,1H3. The van der Waals surface area contributed by atoms with E-state index in [1.54, 1.807) is 0 Å². The second kappa shape index (κ2) is 10.9. The van der Waals surface area contributed by atoms with Crippen LogP contribution in [0.25, 0.3) is 11.1 Å². The highest BCUT2D eigenvalue weighted by Crippen LogP contribution is 2.23. The van der Waals surface area contributed by atoms with Crippen molar-refractivity contribution >= 4 is 23.3 Å². The summed E-state index contributed by atoms with van der Waals surface area (Å²) in [5.74, 6) is 0.534. The fraction of sp³-hybridized carbons (Fsp3) is 0.0370. The molecule has 0 radical (unpaired) electrons. The van der Waals surface area contributed by atoms with Gasteiger partial charge in [-0.05, 0) is 30.2 Å². The summed E-state index contributed by atoms with van der Waals surface area (Å²) in [7, 11) is 0. The van der Waals surface area contributed by atoms with E-state index in [4.69, 9.17) is 22.7 Å². The van der Waals surface area contributed by atoms with E-state index in [9.17, 15) is 0 Å². The van der Waals surface area contributed by atoms with Crippen molar-refractivity contribution in [1.29, 1.82) is 5.41 Å². The van der Waals surface area contributed by atoms with Crippen LogP contribution in [0, 0.1) is 12.3 Å². The summed E-state index contributed by atoms with van der Waals surface area (Å²) in [6, 6.07) is 35.1. The highest BCUT2D eigenvalue weighted by molar-refractivity contribution is 6.30. The largest absolute Gasteiger partial charge is 0.383 e. The molecule has 31 heavy (non-hydrogen) atoms. The first-order valence-corrected chi connectivity index (χ1v) is 10.3. The number of benzene rings is 4. The minimum atomic E-state index is 0.173. The molecule has 0 bridgehead atoms. The van der Waals surface area contributed by atoms with Gasteiger partial charge in [0.15, 0.2) is 5.84 Å². The van der Waals surface area contributed by atoms with Crippen LogP contribution in [0.15, 0.2) is 114 Å². The van der Waals surface area contributed by atoms with Gasteiger partial charge in [-0.15, -0.1) is 0 Å². The number of hydrogen-bond acceptors (Lipinski definition) is 1. The van der Waals surface area contributed by atoms with Gasteiger partial charge >= 0.3 is 0 Å². The van der Waals surface area contributed by atoms with E-state index in [1.807, 2.05) is 78.9 Å². The van der Waals surface area contributed by atoms with Crippen LogP contribution in [0.3, 0.4) is 0 Å². The minimum absolute atomic E-state index is 0.173. The Bertz CT molecular complexity index is 1130. The van der Waals surface area contributed by atoms with Crippen molar-refractivity contribution in [3.8, 4) is 11.1 Å². The van der Waals surface area contributed by atoms with E-state index in [2.05, 4.69) is 42.2 Å². The maximum atomic E-state index is 7.84. The first kappa shape index (κ1) is 22.0. The number of rotatable bonds is 3. The van der Waals surface area contributed by atoms with Crippen LogP contribution in [-0.4, -0.2) is 11.7 Å². The number of amidine groups is 2. The molecule has 4 aromatic carbocycles. The van der Waals surface area contributed by atoms with Crippen molar-refractivity contribution in [2.75, 3.05) is 0 Å². The molecule has 0 aliphatic rings. The summed E-state index contributed by atoms with van der Waals surface area (Å²) in [6.07, 6.45) is 0. The lowest BCUT2D eigenvalue weighted by atomic mass is 10.0. The third-order valence-electron chi connectivity index (χ3n) is 4.53. The van der Waals surface area contributed by atoms with Gasteiger partial charge in [0.1, 0.15) is 5.84 Å². The summed E-state index contributed by atoms with van der Waals surface area (Å²) in [6.45, 7) is 2.09. The SMILES string of the molecule is Cc1cccc(-c2cccc(Cl)c2)c1.N=C(N=C(N)c1ccccc1)c1ccccc1. The van der Waals surface area contributed by atoms with Crippen LogP contribution in [0.4, 0.5) is 0 Å². The van der Waals surface area contributed by atoms with E-state index in [1.165, 1.54) is 16.7 Å². The second-order valence-corrected chi connectivity index (χ2v) is 7.39. The third-order valence-corrected chi connectivity index (χ3v) is 4.76. The molecule has 3 nitrogen and oxygen atoms in total. The summed E-state index contributed by atoms with van der Waals surface area (Å²) in [5.41, 5.74) is 11.1. The summed E-state index contributed by atoms with van der Waals surface area (Å²) in [5, 5.41) is 8.62. The van der Waals surface area contributed by atoms with Crippen LogP contribution < -0.4 is 5.73 Å². The summed E-state index contributed by atoms with van der Waals surface area (Å²) >= 11 is 5.93. The molecular formula is C27H24ClN3. The Morgan fingerprint density at radius 3 is 1.84 bits per heavy atom. The topological polar surface area (TPSA) is 62.2 Å². The van der Waals surface area contributed by atoms with Crippen LogP contribution in [0.5, 0.6) is 0 Å². The quantitative estimate of drug-likeness (QED) is 0.277. The van der Waals surface area contributed by atoms with Crippen molar-refractivity contribution < 1.29 is 0 Å². The molecule has 4 heteroatoms. The molecule has 0 aromatic heterocycles. The van der Waals surface area contributed by atoms with Crippen molar-refractivity contribution in [1.82, 2.24) is 0 Å². The predicted molar refractivity (Wildman–Crippen MR) is 132 cm³/mol. The van der Waals surface area contributed by atoms with Crippen molar-refractivity contribution in [3.63, 3.8) is 0 Å². The molecule has 0 atom stereocenters. The number of halogens is 1. The van der Waals surface area contributed by atoms with Gasteiger partial charge in [0.25, 0.3) is 0 Å². The van der Waals surface area contributed by atoms with E-state index in [0.717, 1.165) is 16.1 Å². The highest BCUT2D eigenvalue weighted by Gasteiger charge is 2.01. The molecule has 0 amide bonds. The van der Waals surface area contributed by atoms with Crippen molar-refractivity contribution in [2.24, 2.45) is 10.7 Å². The van der Waals surface area contributed by atoms with Gasteiger partial charge in [0.05, 0.1) is 0 Å². The normalized spacial score (nSPS) is 10.7. The fourth-order valence-corrected chi connectivity index (χ4v) is 3.14. The van der Waals surface area contributed by atoms with Crippen molar-refractivity contribution in [2.45, 2.75) is 6.92 Å². The van der Waals surface area contributed by atoms with Crippen LogP contribution in [0.1, 0.15) is 16.7 Å². The third kappa shape index (κ3) is 6.66. The molecule has 4 rings (SSSR count). The van der Waals surface area contributed by atoms with Gasteiger partial charge in [-0.3, -0.25) is 5.41 Å². The Balaban J connectivity index is 0.000000179. The number of aliphatic imine (C=N–C) groups is 1. The van der Waals surface area contributed by atoms with Gasteiger partial charge in [0, 0.05) is 16.1 Å². The van der Waals surface area contributed by atoms with Gasteiger partial charge in [-0.2, -0.15) is 0 Å². The average Bonchev–Trinajstić information content (AvgIpc) is 2.80. The van der Waals surface area contributed by atoms with E-state index < -0.39 is 0 Å². The Morgan fingerprint density at radius 1 is 0.710 bits per heavy atom. The monoisotopic (exact) mass is 425 g/mol. The number of hydrogen-bond donors (Lipinski definition) is 2. The first-order chi connectivity index (χ1) is 15.0. The second-order valence-electron chi connectivity index (χ2n) is 6.96. The molecule has 3 N–H and O–H groups in total. The highest BCUT2D eigenvalue weighted by atomic mass is 35.5. The van der Waals surface area contributed by atoms with Gasteiger partial charge in [-0.25, -0.2) is 4.99 Å². The first-order valence-electron chi connectivity index (χ1n) is 9.89. The summed E-state index contributed by atoms with van der Waals surface area (Å²) in [4.78, 5) is 4.10. The van der Waals surface area contributed by atoms with Gasteiger partial charge in [-0.1, -0.05) is 114 Å². The fourth-order valence-electron chi connectivity index (χ4n) is 2.95. The Kier molecular flexibility index (Phi) is 7.74. The maximum absolute atomic E-state index is 7.84. The Hall–Kier alpha value is -3.69. The number of nitrogens with zero attached hydrogens (tertiary/aromatic N) is 1. The Labute approximate surface area is 188 Å². The zero-order valence-electron chi connectivity index (χ0n) is 17.3. The van der Waals surface area contributed by atoms with E-state index in [-0.39, 0.29) is 5.84 Å². The molecule has 0 spiro atoms. The van der Waals surface area contributed by atoms with Crippen LogP contribution >= 0.6 is 11.6 Å². The van der Waals surface area contributed by atoms with E-state index in [0.29, 0.717) is 5.84 Å². The lowest BCUT2D eigenvalue weighted by Crippen LogP contribution is -2.15. The summed E-state index contributed by atoms with van der Waals surface area (Å²) < 4.78 is 0. The molecule has 154 valence electrons. The predicted octanol–water partition coefficient (Wildman–Crippen LogP) is 6.73. The molecule has 0 heterocycles. The van der Waals surface area contributed by atoms with Crippen LogP contribution in [0.2, 0.25) is 5.02 Å². The van der Waals surface area contributed by atoms with Gasteiger partial charge < -0.3 is 5.73 Å². The number of nitrogens with one attached hydrogen (secondary N) is 1.